The van der Waals surface area contributed by atoms with Crippen molar-refractivity contribution in [3.05, 3.63) is 39.3 Å². The SMILES string of the molecule is Cc1cc(Cl)nc(NC(=O)c2ccsc2)n1. The molecule has 0 bridgehead atoms. The van der Waals surface area contributed by atoms with Gasteiger partial charge in [-0.15, -0.1) is 0 Å². The minimum Gasteiger partial charge on any atom is -0.290 e. The van der Waals surface area contributed by atoms with E-state index >= 15 is 0 Å². The van der Waals surface area contributed by atoms with Crippen molar-refractivity contribution in [2.45, 2.75) is 6.92 Å². The van der Waals surface area contributed by atoms with Gasteiger partial charge in [0.05, 0.1) is 5.56 Å². The molecule has 0 aromatic carbocycles. The topological polar surface area (TPSA) is 54.9 Å². The fourth-order valence-corrected chi connectivity index (χ4v) is 2.03. The van der Waals surface area contributed by atoms with Crippen LogP contribution < -0.4 is 5.32 Å². The van der Waals surface area contributed by atoms with E-state index in [9.17, 15) is 4.79 Å². The molecule has 0 aliphatic rings. The van der Waals surface area contributed by atoms with E-state index in [-0.39, 0.29) is 11.9 Å². The molecule has 6 heteroatoms. The minimum atomic E-state index is -0.233. The van der Waals surface area contributed by atoms with Gasteiger partial charge in [0, 0.05) is 11.1 Å². The molecule has 0 atom stereocenters. The summed E-state index contributed by atoms with van der Waals surface area (Å²) < 4.78 is 0. The second-order valence-corrected chi connectivity index (χ2v) is 4.29. The van der Waals surface area contributed by atoms with Crippen LogP contribution in [0.25, 0.3) is 0 Å². The number of nitrogens with zero attached hydrogens (tertiary/aromatic N) is 2. The number of carbonyl (C=O) groups excluding carboxylic acids is 1. The smallest absolute Gasteiger partial charge is 0.258 e. The van der Waals surface area contributed by atoms with Gasteiger partial charge in [-0.2, -0.15) is 11.3 Å². The number of halogens is 1. The van der Waals surface area contributed by atoms with Crippen LogP contribution in [0, 0.1) is 6.92 Å². The lowest BCUT2D eigenvalue weighted by Crippen LogP contribution is -2.13. The van der Waals surface area contributed by atoms with E-state index in [0.29, 0.717) is 16.4 Å². The maximum atomic E-state index is 11.7. The van der Waals surface area contributed by atoms with E-state index in [4.69, 9.17) is 11.6 Å². The van der Waals surface area contributed by atoms with Crippen LogP contribution in [0.5, 0.6) is 0 Å². The maximum Gasteiger partial charge on any atom is 0.258 e. The molecule has 82 valence electrons. The Labute approximate surface area is 101 Å². The molecule has 1 amide bonds. The van der Waals surface area contributed by atoms with Crippen LogP contribution in [-0.4, -0.2) is 15.9 Å². The van der Waals surface area contributed by atoms with Gasteiger partial charge in [-0.05, 0) is 24.4 Å². The van der Waals surface area contributed by atoms with Crippen molar-refractivity contribution in [1.29, 1.82) is 0 Å². The molecule has 0 aliphatic carbocycles. The summed E-state index contributed by atoms with van der Waals surface area (Å²) in [6.07, 6.45) is 0. The zero-order valence-electron chi connectivity index (χ0n) is 8.40. The third-order valence-corrected chi connectivity index (χ3v) is 2.71. The molecule has 0 fully saturated rings. The van der Waals surface area contributed by atoms with Crippen LogP contribution in [0.4, 0.5) is 5.95 Å². The molecule has 0 unspecified atom stereocenters. The highest BCUT2D eigenvalue weighted by Gasteiger charge is 2.08. The maximum absolute atomic E-state index is 11.7. The van der Waals surface area contributed by atoms with Crippen LogP contribution in [-0.2, 0) is 0 Å². The van der Waals surface area contributed by atoms with E-state index < -0.39 is 0 Å². The Morgan fingerprint density at radius 2 is 2.31 bits per heavy atom. The van der Waals surface area contributed by atoms with Crippen molar-refractivity contribution in [2.24, 2.45) is 0 Å². The summed E-state index contributed by atoms with van der Waals surface area (Å²) in [5, 5.41) is 6.49. The molecule has 0 radical (unpaired) electrons. The van der Waals surface area contributed by atoms with Gasteiger partial charge in [0.15, 0.2) is 0 Å². The first kappa shape index (κ1) is 11.0. The molecule has 2 aromatic rings. The molecule has 0 spiro atoms. The van der Waals surface area contributed by atoms with Crippen molar-refractivity contribution in [1.82, 2.24) is 9.97 Å². The van der Waals surface area contributed by atoms with E-state index in [1.807, 2.05) is 5.38 Å². The zero-order chi connectivity index (χ0) is 11.5. The van der Waals surface area contributed by atoms with Crippen molar-refractivity contribution >= 4 is 34.8 Å². The number of aromatic nitrogens is 2. The first-order chi connectivity index (χ1) is 7.65. The summed E-state index contributed by atoms with van der Waals surface area (Å²) in [6, 6.07) is 3.36. The molecule has 1 N–H and O–H groups in total. The highest BCUT2D eigenvalue weighted by molar-refractivity contribution is 7.08. The third kappa shape index (κ3) is 2.56. The summed E-state index contributed by atoms with van der Waals surface area (Å²) in [6.45, 7) is 1.79. The summed E-state index contributed by atoms with van der Waals surface area (Å²) in [5.74, 6) is -0.0101. The van der Waals surface area contributed by atoms with Crippen molar-refractivity contribution < 1.29 is 4.79 Å². The summed E-state index contributed by atoms with van der Waals surface area (Å²) in [5.41, 5.74) is 1.30. The quantitative estimate of drug-likeness (QED) is 0.838. The summed E-state index contributed by atoms with van der Waals surface area (Å²) >= 11 is 7.22. The number of aryl methyl sites for hydroxylation is 1. The molecule has 2 aromatic heterocycles. The van der Waals surface area contributed by atoms with Crippen molar-refractivity contribution in [3.63, 3.8) is 0 Å². The average molecular weight is 254 g/mol. The Balaban J connectivity index is 2.18. The predicted octanol–water partition coefficient (Wildman–Crippen LogP) is 2.75. The summed E-state index contributed by atoms with van der Waals surface area (Å²) in [4.78, 5) is 19.6. The Morgan fingerprint density at radius 1 is 1.50 bits per heavy atom. The highest BCUT2D eigenvalue weighted by Crippen LogP contribution is 2.12. The molecule has 16 heavy (non-hydrogen) atoms. The lowest BCUT2D eigenvalue weighted by Gasteiger charge is -2.03. The largest absolute Gasteiger partial charge is 0.290 e. The van der Waals surface area contributed by atoms with Crippen LogP contribution >= 0.6 is 22.9 Å². The van der Waals surface area contributed by atoms with Gasteiger partial charge >= 0.3 is 0 Å². The highest BCUT2D eigenvalue weighted by atomic mass is 35.5. The van der Waals surface area contributed by atoms with E-state index in [1.165, 1.54) is 11.3 Å². The van der Waals surface area contributed by atoms with Crippen molar-refractivity contribution in [2.75, 3.05) is 5.32 Å². The number of anilines is 1. The number of nitrogens with one attached hydrogen (secondary N) is 1. The van der Waals surface area contributed by atoms with Gasteiger partial charge < -0.3 is 0 Å². The first-order valence-electron chi connectivity index (χ1n) is 4.50. The van der Waals surface area contributed by atoms with Crippen LogP contribution in [0.1, 0.15) is 16.1 Å². The van der Waals surface area contributed by atoms with E-state index in [1.54, 1.807) is 24.4 Å². The number of thiophene rings is 1. The van der Waals surface area contributed by atoms with Crippen molar-refractivity contribution in [3.8, 4) is 0 Å². The molecule has 2 heterocycles. The predicted molar refractivity (Wildman–Crippen MR) is 64.1 cm³/mol. The van der Waals surface area contributed by atoms with Gasteiger partial charge in [-0.3, -0.25) is 10.1 Å². The normalized spacial score (nSPS) is 10.1. The first-order valence-corrected chi connectivity index (χ1v) is 5.82. The number of hydrogen-bond acceptors (Lipinski definition) is 4. The number of rotatable bonds is 2. The third-order valence-electron chi connectivity index (χ3n) is 1.83. The van der Waals surface area contributed by atoms with Crippen LogP contribution in [0.2, 0.25) is 5.15 Å². The zero-order valence-corrected chi connectivity index (χ0v) is 9.97. The molecule has 4 nitrogen and oxygen atoms in total. The Morgan fingerprint density at radius 3 is 2.94 bits per heavy atom. The fraction of sp³-hybridized carbons (Fsp3) is 0.100. The lowest BCUT2D eigenvalue weighted by molar-refractivity contribution is 0.102. The fourth-order valence-electron chi connectivity index (χ4n) is 1.15. The van der Waals surface area contributed by atoms with Gasteiger partial charge in [0.1, 0.15) is 5.15 Å². The molecule has 0 saturated carbocycles. The number of carbonyl (C=O) groups is 1. The van der Waals surface area contributed by atoms with Gasteiger partial charge in [0.25, 0.3) is 5.91 Å². The Hall–Kier alpha value is -1.46. The minimum absolute atomic E-state index is 0.223. The Kier molecular flexibility index (Phi) is 3.17. The lowest BCUT2D eigenvalue weighted by atomic mass is 10.3. The van der Waals surface area contributed by atoms with Crippen LogP contribution in [0.3, 0.4) is 0 Å². The molecular formula is C10H8ClN3OS. The molecule has 2 rings (SSSR count). The molecular weight excluding hydrogens is 246 g/mol. The monoisotopic (exact) mass is 253 g/mol. The molecule has 0 saturated heterocycles. The second-order valence-electron chi connectivity index (χ2n) is 3.12. The molecule has 0 aliphatic heterocycles. The van der Waals surface area contributed by atoms with Gasteiger partial charge in [-0.1, -0.05) is 11.6 Å². The van der Waals surface area contributed by atoms with E-state index in [0.717, 1.165) is 0 Å². The second kappa shape index (κ2) is 4.59. The van der Waals surface area contributed by atoms with Gasteiger partial charge in [-0.25, -0.2) is 9.97 Å². The number of hydrogen-bond donors (Lipinski definition) is 1. The van der Waals surface area contributed by atoms with Crippen LogP contribution in [0.15, 0.2) is 22.9 Å². The average Bonchev–Trinajstić information content (AvgIpc) is 2.68. The Bertz CT molecular complexity index is 493. The van der Waals surface area contributed by atoms with E-state index in [2.05, 4.69) is 15.3 Å². The van der Waals surface area contributed by atoms with Gasteiger partial charge in [0.2, 0.25) is 5.95 Å². The summed E-state index contributed by atoms with van der Waals surface area (Å²) in [7, 11) is 0. The number of amides is 1. The standard InChI is InChI=1S/C10H8ClN3OS/c1-6-4-8(11)13-10(12-6)14-9(15)7-2-3-16-5-7/h2-5H,1H3,(H,12,13,14,15).